The zero-order chi connectivity index (χ0) is 10.4. The first-order valence-corrected chi connectivity index (χ1v) is 5.67. The van der Waals surface area contributed by atoms with Gasteiger partial charge in [0.2, 0.25) is 0 Å². The molecule has 0 aromatic heterocycles. The molecular formula is C10H24N4. The van der Waals surface area contributed by atoms with Gasteiger partial charge in [0, 0.05) is 38.8 Å². The van der Waals surface area contributed by atoms with E-state index in [4.69, 9.17) is 5.73 Å². The van der Waals surface area contributed by atoms with Gasteiger partial charge in [-0.2, -0.15) is 0 Å². The molecule has 0 radical (unpaired) electrons. The number of piperazine rings is 1. The summed E-state index contributed by atoms with van der Waals surface area (Å²) in [5, 5.41) is 6.75. The van der Waals surface area contributed by atoms with Crippen molar-refractivity contribution in [2.24, 2.45) is 5.73 Å². The first-order chi connectivity index (χ1) is 6.72. The summed E-state index contributed by atoms with van der Waals surface area (Å²) >= 11 is 0. The van der Waals surface area contributed by atoms with Gasteiger partial charge >= 0.3 is 0 Å². The van der Waals surface area contributed by atoms with Crippen molar-refractivity contribution in [1.29, 1.82) is 0 Å². The van der Waals surface area contributed by atoms with E-state index in [2.05, 4.69) is 29.4 Å². The summed E-state index contributed by atoms with van der Waals surface area (Å²) in [6.45, 7) is 9.88. The summed E-state index contributed by atoms with van der Waals surface area (Å²) in [6, 6.07) is 0.628. The highest BCUT2D eigenvalue weighted by Crippen LogP contribution is 1.96. The van der Waals surface area contributed by atoms with Gasteiger partial charge in [0.15, 0.2) is 0 Å². The van der Waals surface area contributed by atoms with Crippen molar-refractivity contribution in [2.45, 2.75) is 32.5 Å². The third-order valence-electron chi connectivity index (χ3n) is 2.73. The van der Waals surface area contributed by atoms with Gasteiger partial charge < -0.3 is 16.4 Å². The van der Waals surface area contributed by atoms with E-state index in [-0.39, 0.29) is 6.17 Å². The van der Waals surface area contributed by atoms with Crippen LogP contribution in [0.15, 0.2) is 0 Å². The lowest BCUT2D eigenvalue weighted by molar-refractivity contribution is 0.205. The van der Waals surface area contributed by atoms with E-state index < -0.39 is 0 Å². The zero-order valence-corrected chi connectivity index (χ0v) is 9.42. The second kappa shape index (κ2) is 6.35. The average Bonchev–Trinajstić information content (AvgIpc) is 2.17. The molecule has 1 aliphatic rings. The molecule has 0 aliphatic carbocycles. The summed E-state index contributed by atoms with van der Waals surface area (Å²) in [5.41, 5.74) is 5.77. The number of rotatable bonds is 5. The van der Waals surface area contributed by atoms with Gasteiger partial charge in [-0.25, -0.2) is 0 Å². The smallest absolute Gasteiger partial charge is 0.0544 e. The van der Waals surface area contributed by atoms with Crippen LogP contribution in [0.5, 0.6) is 0 Å². The molecule has 4 nitrogen and oxygen atoms in total. The van der Waals surface area contributed by atoms with Crippen molar-refractivity contribution in [1.82, 2.24) is 15.5 Å². The van der Waals surface area contributed by atoms with Gasteiger partial charge in [0.25, 0.3) is 0 Å². The van der Waals surface area contributed by atoms with Crippen molar-refractivity contribution >= 4 is 0 Å². The second-order valence-electron chi connectivity index (χ2n) is 4.12. The number of nitrogens with two attached hydrogens (primary N) is 1. The van der Waals surface area contributed by atoms with E-state index in [9.17, 15) is 0 Å². The largest absolute Gasteiger partial charge is 0.316 e. The van der Waals surface area contributed by atoms with Crippen LogP contribution in [0.3, 0.4) is 0 Å². The maximum atomic E-state index is 5.77. The Hall–Kier alpha value is -0.160. The van der Waals surface area contributed by atoms with Crippen LogP contribution in [0.4, 0.5) is 0 Å². The third kappa shape index (κ3) is 4.37. The van der Waals surface area contributed by atoms with Crippen LogP contribution >= 0.6 is 0 Å². The van der Waals surface area contributed by atoms with Crippen molar-refractivity contribution in [3.63, 3.8) is 0 Å². The summed E-state index contributed by atoms with van der Waals surface area (Å²) in [5.74, 6) is 0. The minimum atomic E-state index is 0.162. The SMILES string of the molecule is CCC(N)NCCN1CCNC(C)C1. The van der Waals surface area contributed by atoms with Crippen molar-refractivity contribution < 1.29 is 0 Å². The number of nitrogens with zero attached hydrogens (tertiary/aromatic N) is 1. The Kier molecular flexibility index (Phi) is 5.40. The van der Waals surface area contributed by atoms with E-state index in [0.29, 0.717) is 6.04 Å². The lowest BCUT2D eigenvalue weighted by Crippen LogP contribution is -2.51. The molecule has 0 saturated carbocycles. The van der Waals surface area contributed by atoms with E-state index in [1.807, 2.05) is 0 Å². The van der Waals surface area contributed by atoms with E-state index in [1.165, 1.54) is 0 Å². The predicted octanol–water partition coefficient (Wildman–Crippen LogP) is -0.435. The number of hydrogen-bond acceptors (Lipinski definition) is 4. The molecule has 1 fully saturated rings. The molecule has 4 N–H and O–H groups in total. The first-order valence-electron chi connectivity index (χ1n) is 5.67. The molecule has 14 heavy (non-hydrogen) atoms. The van der Waals surface area contributed by atoms with Crippen LogP contribution in [0.2, 0.25) is 0 Å². The van der Waals surface area contributed by atoms with Gasteiger partial charge in [-0.15, -0.1) is 0 Å². The summed E-state index contributed by atoms with van der Waals surface area (Å²) < 4.78 is 0. The second-order valence-corrected chi connectivity index (χ2v) is 4.12. The molecule has 0 bridgehead atoms. The topological polar surface area (TPSA) is 53.3 Å². The summed E-state index contributed by atoms with van der Waals surface area (Å²) in [6.07, 6.45) is 1.16. The zero-order valence-electron chi connectivity index (χ0n) is 9.42. The molecule has 2 atom stereocenters. The fraction of sp³-hybridized carbons (Fsp3) is 1.00. The fourth-order valence-corrected chi connectivity index (χ4v) is 1.77. The lowest BCUT2D eigenvalue weighted by atomic mass is 10.2. The van der Waals surface area contributed by atoms with Crippen molar-refractivity contribution in [3.8, 4) is 0 Å². The van der Waals surface area contributed by atoms with Gasteiger partial charge in [-0.05, 0) is 13.3 Å². The molecule has 2 unspecified atom stereocenters. The van der Waals surface area contributed by atoms with Crippen molar-refractivity contribution in [2.75, 3.05) is 32.7 Å². The first kappa shape index (κ1) is 11.9. The van der Waals surface area contributed by atoms with Crippen LogP contribution in [0.25, 0.3) is 0 Å². The third-order valence-corrected chi connectivity index (χ3v) is 2.73. The normalized spacial score (nSPS) is 26.4. The van der Waals surface area contributed by atoms with Gasteiger partial charge in [0.05, 0.1) is 6.17 Å². The molecule has 0 amide bonds. The molecule has 1 aliphatic heterocycles. The Morgan fingerprint density at radius 3 is 3.07 bits per heavy atom. The highest BCUT2D eigenvalue weighted by Gasteiger charge is 2.14. The van der Waals surface area contributed by atoms with Crippen LogP contribution in [-0.2, 0) is 0 Å². The quantitative estimate of drug-likeness (QED) is 0.527. The Bertz CT molecular complexity index is 151. The van der Waals surface area contributed by atoms with Crippen LogP contribution in [0, 0.1) is 0 Å². The minimum Gasteiger partial charge on any atom is -0.316 e. The molecule has 0 aromatic carbocycles. The Balaban J connectivity index is 2.05. The van der Waals surface area contributed by atoms with Crippen LogP contribution < -0.4 is 16.4 Å². The highest BCUT2D eigenvalue weighted by molar-refractivity contribution is 4.75. The molecule has 0 aromatic rings. The Labute approximate surface area is 87.2 Å². The van der Waals surface area contributed by atoms with Crippen LogP contribution in [-0.4, -0.2) is 49.8 Å². The molecule has 1 rings (SSSR count). The molecule has 1 heterocycles. The number of hydrogen-bond donors (Lipinski definition) is 3. The van der Waals surface area contributed by atoms with E-state index in [0.717, 1.165) is 39.1 Å². The maximum Gasteiger partial charge on any atom is 0.0544 e. The van der Waals surface area contributed by atoms with E-state index >= 15 is 0 Å². The standard InChI is InChI=1S/C10H24N4/c1-3-10(11)13-5-7-14-6-4-12-9(2)8-14/h9-10,12-13H,3-8,11H2,1-2H3. The molecular weight excluding hydrogens is 176 g/mol. The molecule has 1 saturated heterocycles. The van der Waals surface area contributed by atoms with E-state index in [1.54, 1.807) is 0 Å². The van der Waals surface area contributed by atoms with Gasteiger partial charge in [-0.3, -0.25) is 4.90 Å². The average molecular weight is 200 g/mol. The molecule has 4 heteroatoms. The minimum absolute atomic E-state index is 0.162. The lowest BCUT2D eigenvalue weighted by Gasteiger charge is -2.32. The Morgan fingerprint density at radius 2 is 2.43 bits per heavy atom. The van der Waals surface area contributed by atoms with Gasteiger partial charge in [-0.1, -0.05) is 6.92 Å². The predicted molar refractivity (Wildman–Crippen MR) is 60.2 cm³/mol. The number of nitrogens with one attached hydrogen (secondary N) is 2. The van der Waals surface area contributed by atoms with Crippen LogP contribution in [0.1, 0.15) is 20.3 Å². The summed E-state index contributed by atoms with van der Waals surface area (Å²) in [7, 11) is 0. The fourth-order valence-electron chi connectivity index (χ4n) is 1.77. The molecule has 0 spiro atoms. The monoisotopic (exact) mass is 200 g/mol. The maximum absolute atomic E-state index is 5.77. The summed E-state index contributed by atoms with van der Waals surface area (Å²) in [4.78, 5) is 2.48. The van der Waals surface area contributed by atoms with Crippen molar-refractivity contribution in [3.05, 3.63) is 0 Å². The molecule has 84 valence electrons. The highest BCUT2D eigenvalue weighted by atomic mass is 15.2. The van der Waals surface area contributed by atoms with Gasteiger partial charge in [0.1, 0.15) is 0 Å². The Morgan fingerprint density at radius 1 is 1.64 bits per heavy atom.